The van der Waals surface area contributed by atoms with E-state index >= 15 is 0 Å². The molecule has 2 aromatic carbocycles. The second kappa shape index (κ2) is 9.74. The van der Waals surface area contributed by atoms with Gasteiger partial charge in [0.05, 0.1) is 17.6 Å². The van der Waals surface area contributed by atoms with E-state index in [4.69, 9.17) is 5.73 Å². The molecule has 0 spiro atoms. The maximum absolute atomic E-state index is 13.2. The van der Waals surface area contributed by atoms with Crippen molar-refractivity contribution in [2.24, 2.45) is 5.73 Å². The molecule has 1 unspecified atom stereocenters. The Hall–Kier alpha value is -2.93. The van der Waals surface area contributed by atoms with Crippen molar-refractivity contribution in [2.45, 2.75) is 35.3 Å². The van der Waals surface area contributed by atoms with E-state index in [0.717, 1.165) is 32.2 Å². The number of rotatable bonds is 5. The van der Waals surface area contributed by atoms with Gasteiger partial charge in [-0.15, -0.1) is 10.2 Å². The predicted molar refractivity (Wildman–Crippen MR) is 138 cm³/mol. The maximum atomic E-state index is 13.2. The first-order chi connectivity index (χ1) is 16.6. The topological polar surface area (TPSA) is 95.9 Å². The van der Waals surface area contributed by atoms with Crippen LogP contribution in [0.25, 0.3) is 0 Å². The average molecular weight is 551 g/mol. The lowest BCUT2D eigenvalue weighted by Gasteiger charge is -2.38. The molecule has 5 rings (SSSR count). The summed E-state index contributed by atoms with van der Waals surface area (Å²) in [7, 11) is 0. The van der Waals surface area contributed by atoms with Crippen LogP contribution in [0.2, 0.25) is 0 Å². The van der Waals surface area contributed by atoms with Crippen LogP contribution in [0.1, 0.15) is 36.3 Å². The fourth-order valence-electron chi connectivity index (χ4n) is 4.36. The van der Waals surface area contributed by atoms with Gasteiger partial charge in [0.1, 0.15) is 5.82 Å². The van der Waals surface area contributed by atoms with E-state index in [1.165, 1.54) is 16.9 Å². The molecule has 0 radical (unpaired) electrons. The van der Waals surface area contributed by atoms with Crippen LogP contribution in [0.5, 0.6) is 0 Å². The van der Waals surface area contributed by atoms with Gasteiger partial charge in [-0.25, -0.2) is 0 Å². The third-order valence-corrected chi connectivity index (χ3v) is 8.55. The molecule has 2 aliphatic rings. The quantitative estimate of drug-likeness (QED) is 0.396. The van der Waals surface area contributed by atoms with Crippen molar-refractivity contribution in [3.63, 3.8) is 0 Å². The standard InChI is InChI=1S/C25H20BrN5OS2/c26-17-11-9-16(10-12-17)21-18(13-27)23(28)31(19-7-4-8-20(32)22(19)21)24-29-30-25(34-24)33-14-15-5-2-1-3-6-15/h1-3,5-6,9-12,21H,4,7-8,14,28H2. The lowest BCUT2D eigenvalue weighted by atomic mass is 9.76. The van der Waals surface area contributed by atoms with Gasteiger partial charge in [-0.2, -0.15) is 5.26 Å². The molecule has 0 amide bonds. The third kappa shape index (κ3) is 4.29. The Morgan fingerprint density at radius 1 is 1.15 bits per heavy atom. The van der Waals surface area contributed by atoms with Gasteiger partial charge in [0.25, 0.3) is 0 Å². The number of thioether (sulfide) groups is 1. The second-order valence-corrected chi connectivity index (χ2v) is 11.1. The molecule has 2 N–H and O–H groups in total. The van der Waals surface area contributed by atoms with Crippen molar-refractivity contribution in [3.05, 3.63) is 92.9 Å². The number of halogens is 1. The Morgan fingerprint density at radius 2 is 1.91 bits per heavy atom. The molecule has 1 aromatic heterocycles. The van der Waals surface area contributed by atoms with E-state index in [9.17, 15) is 10.1 Å². The van der Waals surface area contributed by atoms with E-state index in [1.54, 1.807) is 16.7 Å². The van der Waals surface area contributed by atoms with E-state index in [-0.39, 0.29) is 5.78 Å². The third-order valence-electron chi connectivity index (χ3n) is 5.91. The summed E-state index contributed by atoms with van der Waals surface area (Å²) >= 11 is 6.49. The summed E-state index contributed by atoms with van der Waals surface area (Å²) in [5.74, 6) is 0.682. The Bertz CT molecular complexity index is 1340. The van der Waals surface area contributed by atoms with Crippen molar-refractivity contribution in [1.29, 1.82) is 5.26 Å². The van der Waals surface area contributed by atoms with Gasteiger partial charge in [-0.3, -0.25) is 9.69 Å². The first-order valence-corrected chi connectivity index (χ1v) is 13.4. The van der Waals surface area contributed by atoms with Crippen LogP contribution in [0, 0.1) is 11.3 Å². The molecule has 9 heteroatoms. The van der Waals surface area contributed by atoms with Gasteiger partial charge in [0.2, 0.25) is 5.13 Å². The normalized spacial score (nSPS) is 18.2. The van der Waals surface area contributed by atoms with Crippen LogP contribution < -0.4 is 10.6 Å². The number of allylic oxidation sites excluding steroid dienone is 3. The SMILES string of the molecule is N#CC1=C(N)N(c2nnc(SCc3ccccc3)s2)C2=C(C(=O)CCC2)C1c1ccc(Br)cc1. The molecular weight excluding hydrogens is 530 g/mol. The summed E-state index contributed by atoms with van der Waals surface area (Å²) in [5.41, 5.74) is 10.5. The molecule has 170 valence electrons. The van der Waals surface area contributed by atoms with Gasteiger partial charge < -0.3 is 5.73 Å². The minimum absolute atomic E-state index is 0.0580. The number of anilines is 1. The Labute approximate surface area is 214 Å². The zero-order valence-corrected chi connectivity index (χ0v) is 21.3. The number of nitrogens with two attached hydrogens (primary N) is 1. The number of nitrogens with zero attached hydrogens (tertiary/aromatic N) is 4. The highest BCUT2D eigenvalue weighted by atomic mass is 79.9. The van der Waals surface area contributed by atoms with E-state index in [1.807, 2.05) is 42.5 Å². The van der Waals surface area contributed by atoms with Crippen molar-refractivity contribution in [2.75, 3.05) is 4.90 Å². The number of hydrogen-bond acceptors (Lipinski definition) is 8. The van der Waals surface area contributed by atoms with Crippen LogP contribution in [-0.2, 0) is 10.5 Å². The zero-order chi connectivity index (χ0) is 23.7. The van der Waals surface area contributed by atoms with Crippen LogP contribution >= 0.6 is 39.0 Å². The van der Waals surface area contributed by atoms with Gasteiger partial charge >= 0.3 is 0 Å². The molecule has 2 heterocycles. The number of nitriles is 1. The lowest BCUT2D eigenvalue weighted by molar-refractivity contribution is -0.116. The number of Topliss-reactive ketones (excluding diaryl/α,β-unsaturated/α-hetero) is 1. The van der Waals surface area contributed by atoms with Gasteiger partial charge in [-0.1, -0.05) is 81.5 Å². The number of aromatic nitrogens is 2. The van der Waals surface area contributed by atoms with Crippen molar-refractivity contribution >= 4 is 49.9 Å². The largest absolute Gasteiger partial charge is 0.384 e. The molecule has 34 heavy (non-hydrogen) atoms. The molecule has 0 saturated carbocycles. The van der Waals surface area contributed by atoms with Gasteiger partial charge in [0.15, 0.2) is 10.1 Å². The molecular formula is C25H20BrN5OS2. The molecule has 0 fully saturated rings. The van der Waals surface area contributed by atoms with Crippen LogP contribution in [0.4, 0.5) is 5.13 Å². The number of benzene rings is 2. The Balaban J connectivity index is 1.54. The summed E-state index contributed by atoms with van der Waals surface area (Å²) in [5, 5.41) is 19.4. The summed E-state index contributed by atoms with van der Waals surface area (Å²) in [6.45, 7) is 0. The van der Waals surface area contributed by atoms with Gasteiger partial charge in [0, 0.05) is 27.9 Å². The molecule has 1 aliphatic heterocycles. The molecule has 1 aliphatic carbocycles. The molecule has 0 bridgehead atoms. The number of ketones is 1. The smallest absolute Gasteiger partial charge is 0.219 e. The highest BCUT2D eigenvalue weighted by Crippen LogP contribution is 2.47. The summed E-state index contributed by atoms with van der Waals surface area (Å²) < 4.78 is 1.74. The molecule has 3 aromatic rings. The second-order valence-electron chi connectivity index (χ2n) is 7.99. The zero-order valence-electron chi connectivity index (χ0n) is 18.1. The fraction of sp³-hybridized carbons (Fsp3) is 0.200. The highest BCUT2D eigenvalue weighted by molar-refractivity contribution is 9.10. The Morgan fingerprint density at radius 3 is 2.65 bits per heavy atom. The number of carbonyl (C=O) groups is 1. The van der Waals surface area contributed by atoms with Crippen LogP contribution in [-0.4, -0.2) is 16.0 Å². The average Bonchev–Trinajstić information content (AvgIpc) is 3.32. The molecule has 6 nitrogen and oxygen atoms in total. The fourth-order valence-corrected chi connectivity index (χ4v) is 6.46. The number of carbonyl (C=O) groups excluding carboxylic acids is 1. The minimum Gasteiger partial charge on any atom is -0.384 e. The van der Waals surface area contributed by atoms with E-state index in [2.05, 4.69) is 44.3 Å². The summed E-state index contributed by atoms with van der Waals surface area (Å²) in [6, 6.07) is 20.2. The van der Waals surface area contributed by atoms with Crippen molar-refractivity contribution in [3.8, 4) is 6.07 Å². The summed E-state index contributed by atoms with van der Waals surface area (Å²) in [4.78, 5) is 15.0. The highest BCUT2D eigenvalue weighted by Gasteiger charge is 2.41. The van der Waals surface area contributed by atoms with Crippen LogP contribution in [0.15, 0.2) is 86.1 Å². The van der Waals surface area contributed by atoms with E-state index in [0.29, 0.717) is 34.9 Å². The monoisotopic (exact) mass is 549 g/mol. The Kier molecular flexibility index (Phi) is 6.55. The molecule has 1 atom stereocenters. The number of hydrogen-bond donors (Lipinski definition) is 1. The molecule has 0 saturated heterocycles. The first-order valence-electron chi connectivity index (χ1n) is 10.8. The van der Waals surface area contributed by atoms with Crippen LogP contribution in [0.3, 0.4) is 0 Å². The first kappa shape index (κ1) is 22.8. The van der Waals surface area contributed by atoms with Crippen molar-refractivity contribution < 1.29 is 4.79 Å². The predicted octanol–water partition coefficient (Wildman–Crippen LogP) is 5.90. The summed E-state index contributed by atoms with van der Waals surface area (Å²) in [6.07, 6.45) is 1.90. The lowest BCUT2D eigenvalue weighted by Crippen LogP contribution is -2.38. The maximum Gasteiger partial charge on any atom is 0.219 e. The minimum atomic E-state index is -0.475. The van der Waals surface area contributed by atoms with Crippen molar-refractivity contribution in [1.82, 2.24) is 10.2 Å². The van der Waals surface area contributed by atoms with Gasteiger partial charge in [-0.05, 0) is 36.1 Å². The van der Waals surface area contributed by atoms with E-state index < -0.39 is 5.92 Å².